The molecule has 0 spiro atoms. The summed E-state index contributed by atoms with van der Waals surface area (Å²) in [5.41, 5.74) is 1.72. The first kappa shape index (κ1) is 10.2. The summed E-state index contributed by atoms with van der Waals surface area (Å²) < 4.78 is 0. The number of benzene rings is 1. The van der Waals surface area contributed by atoms with Crippen LogP contribution in [0.4, 0.5) is 10.5 Å². The molecule has 0 atom stereocenters. The minimum absolute atomic E-state index is 0.379. The number of imide groups is 1. The molecule has 0 radical (unpaired) electrons. The van der Waals surface area contributed by atoms with Crippen LogP contribution in [-0.2, 0) is 4.79 Å². The summed E-state index contributed by atoms with van der Waals surface area (Å²) in [6.07, 6.45) is 0. The number of carbonyl (C=O) groups is 2. The Hall–Kier alpha value is -1.84. The zero-order valence-corrected chi connectivity index (χ0v) is 8.13. The van der Waals surface area contributed by atoms with Crippen molar-refractivity contribution >= 4 is 17.6 Å². The van der Waals surface area contributed by atoms with E-state index < -0.39 is 6.03 Å². The number of aryl methyl sites for hydroxylation is 1. The zero-order chi connectivity index (χ0) is 10.6. The molecule has 74 valence electrons. The lowest BCUT2D eigenvalue weighted by Gasteiger charge is -2.05. The highest BCUT2D eigenvalue weighted by atomic mass is 16.2. The molecule has 2 N–H and O–H groups in total. The second-order valence-corrected chi connectivity index (χ2v) is 3.00. The topological polar surface area (TPSA) is 58.2 Å². The van der Waals surface area contributed by atoms with Gasteiger partial charge < -0.3 is 5.32 Å². The smallest absolute Gasteiger partial charge is 0.308 e. The Morgan fingerprint density at radius 1 is 1.29 bits per heavy atom. The number of hydrogen-bond acceptors (Lipinski definition) is 2. The molecule has 14 heavy (non-hydrogen) atoms. The number of amides is 3. The van der Waals surface area contributed by atoms with Crippen LogP contribution in [0.2, 0.25) is 0 Å². The number of carbonyl (C=O) groups excluding carboxylic acids is 2. The van der Waals surface area contributed by atoms with Crippen LogP contribution < -0.4 is 10.6 Å². The van der Waals surface area contributed by atoms with Crippen LogP contribution in [0.5, 0.6) is 0 Å². The first-order valence-corrected chi connectivity index (χ1v) is 4.23. The molecule has 1 aromatic rings. The maximum atomic E-state index is 11.1. The van der Waals surface area contributed by atoms with Crippen LogP contribution in [0.25, 0.3) is 0 Å². The van der Waals surface area contributed by atoms with Crippen molar-refractivity contribution in [3.8, 4) is 0 Å². The Morgan fingerprint density at radius 2 is 2.00 bits per heavy atom. The Balaban J connectivity index is 2.60. The fourth-order valence-electron chi connectivity index (χ4n) is 1.05. The van der Waals surface area contributed by atoms with Gasteiger partial charge in [-0.25, -0.2) is 4.79 Å². The Bertz CT molecular complexity index is 361. The van der Waals surface area contributed by atoms with Crippen molar-refractivity contribution in [3.63, 3.8) is 0 Å². The van der Waals surface area contributed by atoms with Crippen molar-refractivity contribution in [1.82, 2.24) is 5.32 Å². The van der Waals surface area contributed by atoms with Gasteiger partial charge in [-0.15, -0.1) is 0 Å². The summed E-state index contributed by atoms with van der Waals surface area (Å²) in [5.74, 6) is -0.379. The number of anilines is 1. The molecule has 0 heterocycles. The van der Waals surface area contributed by atoms with E-state index in [0.717, 1.165) is 5.56 Å². The lowest BCUT2D eigenvalue weighted by Crippen LogP contribution is -2.32. The maximum absolute atomic E-state index is 11.1. The zero-order valence-electron chi connectivity index (χ0n) is 8.13. The van der Waals surface area contributed by atoms with Gasteiger partial charge in [-0.1, -0.05) is 12.1 Å². The van der Waals surface area contributed by atoms with Crippen LogP contribution in [-0.4, -0.2) is 11.9 Å². The molecule has 1 aromatic carbocycles. The SMILES string of the molecule is CC(=O)NC(=O)Nc1cccc(C)c1. The molecule has 0 unspecified atom stereocenters. The van der Waals surface area contributed by atoms with Gasteiger partial charge in [-0.2, -0.15) is 0 Å². The molecule has 0 fully saturated rings. The van der Waals surface area contributed by atoms with E-state index in [0.29, 0.717) is 5.69 Å². The molecular weight excluding hydrogens is 180 g/mol. The first-order valence-electron chi connectivity index (χ1n) is 4.23. The van der Waals surface area contributed by atoms with E-state index in [4.69, 9.17) is 0 Å². The van der Waals surface area contributed by atoms with Gasteiger partial charge in [0.15, 0.2) is 0 Å². The molecule has 1 rings (SSSR count). The first-order chi connectivity index (χ1) is 6.58. The third-order valence-corrected chi connectivity index (χ3v) is 1.57. The van der Waals surface area contributed by atoms with Crippen molar-refractivity contribution < 1.29 is 9.59 Å². The lowest BCUT2D eigenvalue weighted by atomic mass is 10.2. The van der Waals surface area contributed by atoms with Gasteiger partial charge in [0, 0.05) is 12.6 Å². The Morgan fingerprint density at radius 3 is 2.57 bits per heavy atom. The van der Waals surface area contributed by atoms with Crippen LogP contribution in [0.3, 0.4) is 0 Å². The van der Waals surface area contributed by atoms with Gasteiger partial charge >= 0.3 is 6.03 Å². The van der Waals surface area contributed by atoms with E-state index in [1.54, 1.807) is 6.07 Å². The second kappa shape index (κ2) is 4.41. The molecule has 0 aromatic heterocycles. The average molecular weight is 192 g/mol. The van der Waals surface area contributed by atoms with Crippen molar-refractivity contribution in [2.24, 2.45) is 0 Å². The molecular formula is C10H12N2O2. The largest absolute Gasteiger partial charge is 0.325 e. The van der Waals surface area contributed by atoms with Crippen molar-refractivity contribution in [2.45, 2.75) is 13.8 Å². The lowest BCUT2D eigenvalue weighted by molar-refractivity contribution is -0.117. The van der Waals surface area contributed by atoms with Gasteiger partial charge in [0.05, 0.1) is 0 Å². The number of rotatable bonds is 1. The van der Waals surface area contributed by atoms with Gasteiger partial charge in [-0.05, 0) is 24.6 Å². The average Bonchev–Trinajstić information content (AvgIpc) is 2.01. The highest BCUT2D eigenvalue weighted by molar-refractivity contribution is 6.00. The summed E-state index contributed by atoms with van der Waals surface area (Å²) in [7, 11) is 0. The molecule has 4 nitrogen and oxygen atoms in total. The number of urea groups is 1. The van der Waals surface area contributed by atoms with E-state index in [9.17, 15) is 9.59 Å². The number of hydrogen-bond donors (Lipinski definition) is 2. The maximum Gasteiger partial charge on any atom is 0.325 e. The Kier molecular flexibility index (Phi) is 3.23. The van der Waals surface area contributed by atoms with Crippen molar-refractivity contribution in [2.75, 3.05) is 5.32 Å². The molecule has 0 saturated heterocycles. The van der Waals surface area contributed by atoms with E-state index in [-0.39, 0.29) is 5.91 Å². The fourth-order valence-corrected chi connectivity index (χ4v) is 1.05. The summed E-state index contributed by atoms with van der Waals surface area (Å²) in [6.45, 7) is 3.21. The molecule has 0 aliphatic heterocycles. The predicted octanol–water partition coefficient (Wildman–Crippen LogP) is 1.66. The monoisotopic (exact) mass is 192 g/mol. The second-order valence-electron chi connectivity index (χ2n) is 3.00. The minimum atomic E-state index is -0.511. The standard InChI is InChI=1S/C10H12N2O2/c1-7-4-3-5-9(6-7)12-10(14)11-8(2)13/h3-6H,1-2H3,(H2,11,12,13,14). The van der Waals surface area contributed by atoms with Gasteiger partial charge in [-0.3, -0.25) is 10.1 Å². The predicted molar refractivity (Wildman–Crippen MR) is 54.0 cm³/mol. The van der Waals surface area contributed by atoms with E-state index in [1.165, 1.54) is 6.92 Å². The van der Waals surface area contributed by atoms with Gasteiger partial charge in [0.25, 0.3) is 0 Å². The van der Waals surface area contributed by atoms with E-state index in [2.05, 4.69) is 10.6 Å². The van der Waals surface area contributed by atoms with Crippen LogP contribution in [0, 0.1) is 6.92 Å². The van der Waals surface area contributed by atoms with Crippen LogP contribution in [0.1, 0.15) is 12.5 Å². The third-order valence-electron chi connectivity index (χ3n) is 1.57. The fraction of sp³-hybridized carbons (Fsp3) is 0.200. The minimum Gasteiger partial charge on any atom is -0.308 e. The molecule has 3 amide bonds. The molecule has 0 aliphatic carbocycles. The molecule has 0 saturated carbocycles. The normalized spacial score (nSPS) is 9.29. The summed E-state index contributed by atoms with van der Waals surface area (Å²) in [6, 6.07) is 6.82. The summed E-state index contributed by atoms with van der Waals surface area (Å²) >= 11 is 0. The number of nitrogens with one attached hydrogen (secondary N) is 2. The van der Waals surface area contributed by atoms with Crippen molar-refractivity contribution in [1.29, 1.82) is 0 Å². The van der Waals surface area contributed by atoms with E-state index in [1.807, 2.05) is 25.1 Å². The van der Waals surface area contributed by atoms with Crippen LogP contribution in [0.15, 0.2) is 24.3 Å². The molecule has 0 bridgehead atoms. The highest BCUT2D eigenvalue weighted by Crippen LogP contribution is 2.08. The molecule has 4 heteroatoms. The Labute approximate surface area is 82.3 Å². The van der Waals surface area contributed by atoms with E-state index >= 15 is 0 Å². The quantitative estimate of drug-likeness (QED) is 0.711. The third kappa shape index (κ3) is 3.26. The van der Waals surface area contributed by atoms with Gasteiger partial charge in [0.2, 0.25) is 5.91 Å². The van der Waals surface area contributed by atoms with Gasteiger partial charge in [0.1, 0.15) is 0 Å². The summed E-state index contributed by atoms with van der Waals surface area (Å²) in [5, 5.41) is 4.66. The van der Waals surface area contributed by atoms with Crippen molar-refractivity contribution in [3.05, 3.63) is 29.8 Å². The van der Waals surface area contributed by atoms with Crippen LogP contribution >= 0.6 is 0 Å². The molecule has 0 aliphatic rings. The summed E-state index contributed by atoms with van der Waals surface area (Å²) in [4.78, 5) is 21.6. The highest BCUT2D eigenvalue weighted by Gasteiger charge is 2.02.